The van der Waals surface area contributed by atoms with Crippen LogP contribution < -0.4 is 24.6 Å². The standard InChI is InChI=1S/C49H53NO10/c1-54-43-31-35(32-44(55-2)48(43)56-3)19-23-45(51)58-30-14-27-50(26-13-29-57-39-22-20-36-21-24-46(52)60-42(36)34-39)25-11-5-4-6-12-28-59-49(53)47-40-17-9-7-15-37(40)33-38-16-8-10-18-41(38)47/h7-10,15-24,31-34H,4-6,11-14,25-30H2,1-3H3/b23-19+. The molecule has 0 saturated heterocycles. The van der Waals surface area contributed by atoms with Gasteiger partial charge in [0.15, 0.2) is 11.5 Å². The van der Waals surface area contributed by atoms with E-state index in [0.717, 1.165) is 85.1 Å². The number of benzene rings is 5. The van der Waals surface area contributed by atoms with E-state index in [4.69, 9.17) is 32.8 Å². The van der Waals surface area contributed by atoms with Gasteiger partial charge >= 0.3 is 17.6 Å². The third-order valence-corrected chi connectivity index (χ3v) is 10.3. The minimum absolute atomic E-state index is 0.279. The fourth-order valence-electron chi connectivity index (χ4n) is 7.25. The Morgan fingerprint density at radius 3 is 1.93 bits per heavy atom. The summed E-state index contributed by atoms with van der Waals surface area (Å²) in [6.07, 6.45) is 9.33. The minimum atomic E-state index is -0.439. The highest BCUT2D eigenvalue weighted by Crippen LogP contribution is 2.38. The van der Waals surface area contributed by atoms with E-state index in [-0.39, 0.29) is 12.6 Å². The Labute approximate surface area is 350 Å². The van der Waals surface area contributed by atoms with Crippen molar-refractivity contribution in [3.63, 3.8) is 0 Å². The van der Waals surface area contributed by atoms with Crippen molar-refractivity contribution >= 4 is 50.5 Å². The number of hydrogen-bond donors (Lipinski definition) is 0. The number of methoxy groups -OCH3 is 3. The molecule has 6 aromatic rings. The molecule has 0 fully saturated rings. The third kappa shape index (κ3) is 11.9. The van der Waals surface area contributed by atoms with Gasteiger partial charge in [-0.15, -0.1) is 0 Å². The van der Waals surface area contributed by atoms with E-state index >= 15 is 0 Å². The first kappa shape index (κ1) is 43.3. The SMILES string of the molecule is COc1cc(/C=C/C(=O)OCCCN(CCCCCCCOC(=O)c2c3ccccc3cc3ccccc23)CCCOc2ccc3ccc(=O)oc3c2)cc(OC)c1OC. The number of ether oxygens (including phenoxy) is 6. The maximum absolute atomic E-state index is 13.3. The number of carbonyl (C=O) groups is 2. The molecule has 5 aromatic carbocycles. The van der Waals surface area contributed by atoms with Gasteiger partial charge in [0.25, 0.3) is 0 Å². The molecule has 0 unspecified atom stereocenters. The van der Waals surface area contributed by atoms with Crippen LogP contribution in [-0.2, 0) is 14.3 Å². The Balaban J connectivity index is 0.946. The molecule has 0 spiro atoms. The Morgan fingerprint density at radius 2 is 1.23 bits per heavy atom. The predicted octanol–water partition coefficient (Wildman–Crippen LogP) is 9.65. The molecule has 0 aliphatic rings. The zero-order valence-corrected chi connectivity index (χ0v) is 34.6. The van der Waals surface area contributed by atoms with Crippen molar-refractivity contribution in [2.75, 3.05) is 60.8 Å². The molecule has 0 bridgehead atoms. The van der Waals surface area contributed by atoms with Crippen molar-refractivity contribution in [3.8, 4) is 23.0 Å². The van der Waals surface area contributed by atoms with E-state index in [2.05, 4.69) is 11.0 Å². The van der Waals surface area contributed by atoms with Crippen molar-refractivity contribution < 1.29 is 42.4 Å². The fraction of sp³-hybridized carbons (Fsp3) is 0.327. The Hall–Kier alpha value is -6.33. The molecule has 0 radical (unpaired) electrons. The lowest BCUT2D eigenvalue weighted by molar-refractivity contribution is -0.137. The number of fused-ring (bicyclic) bond motifs is 3. The van der Waals surface area contributed by atoms with Gasteiger partial charge in [0, 0.05) is 36.7 Å². The number of hydrogen-bond acceptors (Lipinski definition) is 11. The van der Waals surface area contributed by atoms with Crippen molar-refractivity contribution in [3.05, 3.63) is 125 Å². The highest BCUT2D eigenvalue weighted by molar-refractivity contribution is 6.16. The second kappa shape index (κ2) is 22.2. The van der Waals surface area contributed by atoms with Crippen LogP contribution in [0.5, 0.6) is 23.0 Å². The van der Waals surface area contributed by atoms with Crippen molar-refractivity contribution in [1.29, 1.82) is 0 Å². The molecular weight excluding hydrogens is 763 g/mol. The predicted molar refractivity (Wildman–Crippen MR) is 235 cm³/mol. The summed E-state index contributed by atoms with van der Waals surface area (Å²) in [5.41, 5.74) is 1.43. The number of carbonyl (C=O) groups excluding carboxylic acids is 2. The zero-order valence-electron chi connectivity index (χ0n) is 34.6. The largest absolute Gasteiger partial charge is 0.493 e. The monoisotopic (exact) mass is 815 g/mol. The number of nitrogens with zero attached hydrogens (tertiary/aromatic N) is 1. The summed E-state index contributed by atoms with van der Waals surface area (Å²) in [5.74, 6) is 1.39. The second-order valence-electron chi connectivity index (χ2n) is 14.4. The molecule has 11 nitrogen and oxygen atoms in total. The van der Waals surface area contributed by atoms with Crippen molar-refractivity contribution in [1.82, 2.24) is 4.90 Å². The van der Waals surface area contributed by atoms with Gasteiger partial charge < -0.3 is 37.7 Å². The summed E-state index contributed by atoms with van der Waals surface area (Å²) in [4.78, 5) is 40.0. The molecule has 0 aliphatic carbocycles. The quantitative estimate of drug-likeness (QED) is 0.0202. The molecule has 60 heavy (non-hydrogen) atoms. The topological polar surface area (TPSA) is 123 Å². The Bertz CT molecular complexity index is 2380. The lowest BCUT2D eigenvalue weighted by Gasteiger charge is -2.22. The van der Waals surface area contributed by atoms with Gasteiger partial charge in [-0.1, -0.05) is 67.8 Å². The van der Waals surface area contributed by atoms with Gasteiger partial charge in [0.05, 0.1) is 46.7 Å². The maximum Gasteiger partial charge on any atom is 0.339 e. The molecule has 0 N–H and O–H groups in total. The molecular formula is C49H53NO10. The van der Waals surface area contributed by atoms with Crippen molar-refractivity contribution in [2.24, 2.45) is 0 Å². The molecule has 314 valence electrons. The normalized spacial score (nSPS) is 11.4. The molecule has 1 aromatic heterocycles. The lowest BCUT2D eigenvalue weighted by atomic mass is 9.97. The maximum atomic E-state index is 13.3. The van der Waals surface area contributed by atoms with Crippen LogP contribution in [0.3, 0.4) is 0 Å². The van der Waals surface area contributed by atoms with Gasteiger partial charge in [-0.05, 0) is 102 Å². The summed E-state index contributed by atoms with van der Waals surface area (Å²) in [5, 5.41) is 4.69. The highest BCUT2D eigenvalue weighted by Gasteiger charge is 2.17. The summed E-state index contributed by atoms with van der Waals surface area (Å²) in [6, 6.07) is 30.1. The van der Waals surface area contributed by atoms with E-state index in [1.807, 2.05) is 60.7 Å². The number of unbranched alkanes of at least 4 members (excludes halogenated alkanes) is 4. The third-order valence-electron chi connectivity index (χ3n) is 10.3. The van der Waals surface area contributed by atoms with Crippen LogP contribution in [0, 0.1) is 0 Å². The van der Waals surface area contributed by atoms with Gasteiger partial charge in [-0.2, -0.15) is 0 Å². The molecule has 0 atom stereocenters. The van der Waals surface area contributed by atoms with E-state index < -0.39 is 11.6 Å². The van der Waals surface area contributed by atoms with Gasteiger partial charge in [0.2, 0.25) is 5.75 Å². The molecule has 0 aliphatic heterocycles. The Morgan fingerprint density at radius 1 is 0.617 bits per heavy atom. The van der Waals surface area contributed by atoms with Crippen molar-refractivity contribution in [2.45, 2.75) is 44.9 Å². The first-order chi connectivity index (χ1) is 29.4. The van der Waals surface area contributed by atoms with Crippen LogP contribution in [0.1, 0.15) is 60.9 Å². The van der Waals surface area contributed by atoms with Crippen LogP contribution in [0.25, 0.3) is 38.6 Å². The molecule has 0 amide bonds. The van der Waals surface area contributed by atoms with E-state index in [1.165, 1.54) is 19.3 Å². The van der Waals surface area contributed by atoms with Gasteiger partial charge in [-0.3, -0.25) is 0 Å². The lowest BCUT2D eigenvalue weighted by Crippen LogP contribution is -2.29. The van der Waals surface area contributed by atoms with Crippen LogP contribution >= 0.6 is 0 Å². The van der Waals surface area contributed by atoms with E-state index in [9.17, 15) is 14.4 Å². The fourth-order valence-corrected chi connectivity index (χ4v) is 7.25. The number of esters is 2. The van der Waals surface area contributed by atoms with E-state index in [0.29, 0.717) is 59.3 Å². The van der Waals surface area contributed by atoms with Crippen LogP contribution in [0.4, 0.5) is 0 Å². The number of rotatable bonds is 23. The van der Waals surface area contributed by atoms with Crippen LogP contribution in [0.2, 0.25) is 0 Å². The molecule has 11 heteroatoms. The van der Waals surface area contributed by atoms with Crippen LogP contribution in [0.15, 0.2) is 112 Å². The smallest absolute Gasteiger partial charge is 0.339 e. The summed E-state index contributed by atoms with van der Waals surface area (Å²) >= 11 is 0. The minimum Gasteiger partial charge on any atom is -0.493 e. The molecule has 6 rings (SSSR count). The Kier molecular flexibility index (Phi) is 16.0. The second-order valence-corrected chi connectivity index (χ2v) is 14.4. The first-order valence-corrected chi connectivity index (χ1v) is 20.5. The van der Waals surface area contributed by atoms with Crippen LogP contribution in [-0.4, -0.2) is 77.6 Å². The van der Waals surface area contributed by atoms with E-state index in [1.54, 1.807) is 44.6 Å². The average Bonchev–Trinajstić information content (AvgIpc) is 3.27. The average molecular weight is 816 g/mol. The van der Waals surface area contributed by atoms with Gasteiger partial charge in [-0.25, -0.2) is 14.4 Å². The highest BCUT2D eigenvalue weighted by atomic mass is 16.5. The summed E-state index contributed by atoms with van der Waals surface area (Å²) < 4.78 is 38.9. The first-order valence-electron chi connectivity index (χ1n) is 20.5. The summed E-state index contributed by atoms with van der Waals surface area (Å²) in [7, 11) is 4.62. The summed E-state index contributed by atoms with van der Waals surface area (Å²) in [6.45, 7) is 3.59. The zero-order chi connectivity index (χ0) is 42.1. The molecule has 0 saturated carbocycles. The van der Waals surface area contributed by atoms with Gasteiger partial charge in [0.1, 0.15) is 11.3 Å². The molecule has 1 heterocycles.